The molecule has 6 heteroatoms. The third kappa shape index (κ3) is 2.57. The summed E-state index contributed by atoms with van der Waals surface area (Å²) in [7, 11) is 1.79. The van der Waals surface area contributed by atoms with Gasteiger partial charge in [-0.3, -0.25) is 9.48 Å². The van der Waals surface area contributed by atoms with Gasteiger partial charge in [0, 0.05) is 17.2 Å². The highest BCUT2D eigenvalue weighted by atomic mass is 79.9. The lowest BCUT2D eigenvalue weighted by Gasteiger charge is -2.07. The second kappa shape index (κ2) is 5.12. The normalized spacial score (nSPS) is 10.4. The molecular weight excluding hydrogens is 318 g/mol. The zero-order valence-corrected chi connectivity index (χ0v) is 12.2. The largest absolute Gasteiger partial charge is 0.320 e. The molecule has 2 aromatic rings. The van der Waals surface area contributed by atoms with Crippen LogP contribution in [-0.4, -0.2) is 15.7 Å². The predicted molar refractivity (Wildman–Crippen MR) is 75.1 cm³/mol. The molecule has 1 heterocycles. The lowest BCUT2D eigenvalue weighted by Crippen LogP contribution is -2.13. The number of nitrogens with zero attached hydrogens (tertiary/aromatic N) is 2. The Balaban J connectivity index is 2.27. The molecule has 0 bridgehead atoms. The van der Waals surface area contributed by atoms with Crippen molar-refractivity contribution in [2.75, 3.05) is 5.32 Å². The van der Waals surface area contributed by atoms with Crippen molar-refractivity contribution in [1.29, 1.82) is 0 Å². The SMILES string of the molecule is Cc1c(C(=O)Nc2cc(Br)ccc2Cl)cnn1C. The van der Waals surface area contributed by atoms with Crippen LogP contribution in [0.4, 0.5) is 5.69 Å². The van der Waals surface area contributed by atoms with Crippen LogP contribution >= 0.6 is 27.5 Å². The molecule has 0 aliphatic heterocycles. The molecule has 94 valence electrons. The number of carbonyl (C=O) groups is 1. The molecule has 4 nitrogen and oxygen atoms in total. The van der Waals surface area contributed by atoms with E-state index in [1.165, 1.54) is 6.20 Å². The van der Waals surface area contributed by atoms with Crippen molar-refractivity contribution >= 4 is 39.1 Å². The Morgan fingerprint density at radius 2 is 2.22 bits per heavy atom. The monoisotopic (exact) mass is 327 g/mol. The highest BCUT2D eigenvalue weighted by Gasteiger charge is 2.14. The number of rotatable bonds is 2. The second-order valence-electron chi connectivity index (χ2n) is 3.85. The summed E-state index contributed by atoms with van der Waals surface area (Å²) >= 11 is 9.35. The topological polar surface area (TPSA) is 46.9 Å². The smallest absolute Gasteiger partial charge is 0.259 e. The van der Waals surface area contributed by atoms with Crippen LogP contribution in [-0.2, 0) is 7.05 Å². The van der Waals surface area contributed by atoms with Crippen LogP contribution in [0.3, 0.4) is 0 Å². The van der Waals surface area contributed by atoms with Gasteiger partial charge < -0.3 is 5.32 Å². The predicted octanol–water partition coefficient (Wildman–Crippen LogP) is 3.40. The van der Waals surface area contributed by atoms with Crippen molar-refractivity contribution in [1.82, 2.24) is 9.78 Å². The van der Waals surface area contributed by atoms with Crippen LogP contribution in [0.5, 0.6) is 0 Å². The lowest BCUT2D eigenvalue weighted by molar-refractivity contribution is 0.102. The van der Waals surface area contributed by atoms with E-state index in [2.05, 4.69) is 26.3 Å². The van der Waals surface area contributed by atoms with Crippen molar-refractivity contribution in [2.24, 2.45) is 7.05 Å². The molecule has 1 N–H and O–H groups in total. The van der Waals surface area contributed by atoms with E-state index >= 15 is 0 Å². The van der Waals surface area contributed by atoms with Crippen molar-refractivity contribution in [2.45, 2.75) is 6.92 Å². The van der Waals surface area contributed by atoms with Crippen LogP contribution < -0.4 is 5.32 Å². The van der Waals surface area contributed by atoms with Gasteiger partial charge in [0.1, 0.15) is 0 Å². The van der Waals surface area contributed by atoms with E-state index < -0.39 is 0 Å². The van der Waals surface area contributed by atoms with Gasteiger partial charge in [-0.15, -0.1) is 0 Å². The van der Waals surface area contributed by atoms with Gasteiger partial charge in [0.05, 0.1) is 22.5 Å². The van der Waals surface area contributed by atoms with Crippen LogP contribution in [0.1, 0.15) is 16.1 Å². The number of benzene rings is 1. The number of hydrogen-bond donors (Lipinski definition) is 1. The number of nitrogens with one attached hydrogen (secondary N) is 1. The second-order valence-corrected chi connectivity index (χ2v) is 5.17. The van der Waals surface area contributed by atoms with Crippen molar-refractivity contribution in [3.05, 3.63) is 45.1 Å². The van der Waals surface area contributed by atoms with E-state index in [9.17, 15) is 4.79 Å². The minimum Gasteiger partial charge on any atom is -0.320 e. The number of hydrogen-bond acceptors (Lipinski definition) is 2. The van der Waals surface area contributed by atoms with Crippen molar-refractivity contribution < 1.29 is 4.79 Å². The van der Waals surface area contributed by atoms with Gasteiger partial charge in [-0.25, -0.2) is 0 Å². The third-order valence-corrected chi connectivity index (χ3v) is 3.48. The minimum atomic E-state index is -0.222. The summed E-state index contributed by atoms with van der Waals surface area (Å²) in [6.45, 7) is 1.84. The number of aryl methyl sites for hydroxylation is 1. The Bertz CT molecular complexity index is 609. The van der Waals surface area contributed by atoms with E-state index in [1.54, 1.807) is 23.9 Å². The Labute approximate surface area is 118 Å². The zero-order chi connectivity index (χ0) is 13.3. The van der Waals surface area contributed by atoms with Crippen molar-refractivity contribution in [3.8, 4) is 0 Å². The summed E-state index contributed by atoms with van der Waals surface area (Å²) in [6, 6.07) is 5.29. The molecule has 1 aromatic carbocycles. The zero-order valence-electron chi connectivity index (χ0n) is 9.87. The van der Waals surface area contributed by atoms with E-state index in [4.69, 9.17) is 11.6 Å². The first kappa shape index (κ1) is 13.1. The summed E-state index contributed by atoms with van der Waals surface area (Å²) in [5.74, 6) is -0.222. The molecule has 1 aromatic heterocycles. The number of anilines is 1. The van der Waals surface area contributed by atoms with Gasteiger partial charge in [-0.2, -0.15) is 5.10 Å². The van der Waals surface area contributed by atoms with Gasteiger partial charge in [0.2, 0.25) is 0 Å². The van der Waals surface area contributed by atoms with Gasteiger partial charge in [-0.05, 0) is 25.1 Å². The first-order valence-electron chi connectivity index (χ1n) is 5.24. The number of aromatic nitrogens is 2. The average Bonchev–Trinajstić information content (AvgIpc) is 2.65. The summed E-state index contributed by atoms with van der Waals surface area (Å²) in [5, 5.41) is 7.29. The van der Waals surface area contributed by atoms with Crippen LogP contribution in [0.25, 0.3) is 0 Å². The fourth-order valence-corrected chi connectivity index (χ4v) is 2.03. The van der Waals surface area contributed by atoms with Crippen LogP contribution in [0.2, 0.25) is 5.02 Å². The standard InChI is InChI=1S/C12H11BrClN3O/c1-7-9(6-15-17(7)2)12(18)16-11-5-8(13)3-4-10(11)14/h3-6H,1-2H3,(H,16,18). The Morgan fingerprint density at radius 1 is 1.50 bits per heavy atom. The van der Waals surface area contributed by atoms with E-state index in [0.717, 1.165) is 10.2 Å². The Kier molecular flexibility index (Phi) is 3.73. The summed E-state index contributed by atoms with van der Waals surface area (Å²) in [6.07, 6.45) is 1.54. The lowest BCUT2D eigenvalue weighted by atomic mass is 10.2. The molecule has 18 heavy (non-hydrogen) atoms. The fraction of sp³-hybridized carbons (Fsp3) is 0.167. The Morgan fingerprint density at radius 3 is 2.83 bits per heavy atom. The van der Waals surface area contributed by atoms with Crippen molar-refractivity contribution in [3.63, 3.8) is 0 Å². The molecule has 2 rings (SSSR count). The van der Waals surface area contributed by atoms with Crippen LogP contribution in [0, 0.1) is 6.92 Å². The number of halogens is 2. The molecule has 0 aliphatic rings. The molecule has 0 saturated carbocycles. The average molecular weight is 329 g/mol. The fourth-order valence-electron chi connectivity index (χ4n) is 1.50. The van der Waals surface area contributed by atoms with Gasteiger partial charge in [0.15, 0.2) is 0 Å². The third-order valence-electron chi connectivity index (χ3n) is 2.66. The summed E-state index contributed by atoms with van der Waals surface area (Å²) < 4.78 is 2.50. The van der Waals surface area contributed by atoms with E-state index in [0.29, 0.717) is 16.3 Å². The maximum absolute atomic E-state index is 12.1. The molecule has 1 amide bonds. The maximum atomic E-state index is 12.1. The van der Waals surface area contributed by atoms with Gasteiger partial charge in [0.25, 0.3) is 5.91 Å². The van der Waals surface area contributed by atoms with E-state index in [-0.39, 0.29) is 5.91 Å². The molecule has 0 atom stereocenters. The first-order chi connectivity index (χ1) is 8.49. The molecular formula is C12H11BrClN3O. The highest BCUT2D eigenvalue weighted by Crippen LogP contribution is 2.26. The number of amides is 1. The highest BCUT2D eigenvalue weighted by molar-refractivity contribution is 9.10. The van der Waals surface area contributed by atoms with Gasteiger partial charge >= 0.3 is 0 Å². The molecule has 0 saturated heterocycles. The quantitative estimate of drug-likeness (QED) is 0.918. The molecule has 0 radical (unpaired) electrons. The van der Waals surface area contributed by atoms with Gasteiger partial charge in [-0.1, -0.05) is 27.5 Å². The van der Waals surface area contributed by atoms with Crippen LogP contribution in [0.15, 0.2) is 28.9 Å². The molecule has 0 aliphatic carbocycles. The first-order valence-corrected chi connectivity index (χ1v) is 6.41. The molecule has 0 fully saturated rings. The molecule has 0 spiro atoms. The summed E-state index contributed by atoms with van der Waals surface area (Å²) in [4.78, 5) is 12.1. The minimum absolute atomic E-state index is 0.222. The summed E-state index contributed by atoms with van der Waals surface area (Å²) in [5.41, 5.74) is 1.91. The maximum Gasteiger partial charge on any atom is 0.259 e. The molecule has 0 unspecified atom stereocenters. The Hall–Kier alpha value is -1.33. The number of carbonyl (C=O) groups excluding carboxylic acids is 1. The van der Waals surface area contributed by atoms with E-state index in [1.807, 2.05) is 13.0 Å².